The van der Waals surface area contributed by atoms with Crippen LogP contribution in [0, 0.1) is 5.92 Å². The maximum Gasteiger partial charge on any atom is 0.251 e. The minimum Gasteiger partial charge on any atom is -0.382 e. The number of hydrogen-bond donors (Lipinski definition) is 2. The van der Waals surface area contributed by atoms with Crippen LogP contribution in [0.5, 0.6) is 0 Å². The molecule has 1 heterocycles. The van der Waals surface area contributed by atoms with E-state index in [1.54, 1.807) is 6.08 Å². The SMILES string of the molecule is C=CCNC(=O)c1ccc(NC(C)C2CCOC2)cc1. The number of anilines is 1. The van der Waals surface area contributed by atoms with Crippen LogP contribution in [0.15, 0.2) is 36.9 Å². The smallest absolute Gasteiger partial charge is 0.251 e. The van der Waals surface area contributed by atoms with Crippen LogP contribution in [0.25, 0.3) is 0 Å². The molecule has 2 unspecified atom stereocenters. The predicted molar refractivity (Wildman–Crippen MR) is 81.0 cm³/mol. The number of carbonyl (C=O) groups is 1. The Morgan fingerprint density at radius 1 is 1.50 bits per heavy atom. The molecule has 1 aliphatic heterocycles. The highest BCUT2D eigenvalue weighted by Gasteiger charge is 2.22. The second kappa shape index (κ2) is 7.10. The lowest BCUT2D eigenvalue weighted by molar-refractivity contribution is 0.0958. The molecule has 1 saturated heterocycles. The lowest BCUT2D eigenvalue weighted by Gasteiger charge is -2.20. The first-order chi connectivity index (χ1) is 9.70. The van der Waals surface area contributed by atoms with Gasteiger partial charge in [0.05, 0.1) is 6.61 Å². The number of nitrogens with one attached hydrogen (secondary N) is 2. The van der Waals surface area contributed by atoms with Gasteiger partial charge in [-0.3, -0.25) is 4.79 Å². The van der Waals surface area contributed by atoms with Gasteiger partial charge in [-0.15, -0.1) is 6.58 Å². The zero-order valence-corrected chi connectivity index (χ0v) is 11.9. The summed E-state index contributed by atoms with van der Waals surface area (Å²) in [6.45, 7) is 7.92. The van der Waals surface area contributed by atoms with E-state index in [0.29, 0.717) is 24.1 Å². The van der Waals surface area contributed by atoms with Crippen molar-refractivity contribution in [2.75, 3.05) is 25.1 Å². The molecular weight excluding hydrogens is 252 g/mol. The third-order valence-corrected chi connectivity index (χ3v) is 3.62. The highest BCUT2D eigenvalue weighted by Crippen LogP contribution is 2.20. The Kier molecular flexibility index (Phi) is 5.18. The van der Waals surface area contributed by atoms with Gasteiger partial charge in [-0.1, -0.05) is 6.08 Å². The molecule has 0 bridgehead atoms. The molecule has 1 aliphatic rings. The molecular formula is C16H22N2O2. The monoisotopic (exact) mass is 274 g/mol. The largest absolute Gasteiger partial charge is 0.382 e. The van der Waals surface area contributed by atoms with Crippen molar-refractivity contribution < 1.29 is 9.53 Å². The van der Waals surface area contributed by atoms with Crippen LogP contribution in [0.1, 0.15) is 23.7 Å². The van der Waals surface area contributed by atoms with Gasteiger partial charge in [0.25, 0.3) is 5.91 Å². The Labute approximate surface area is 120 Å². The summed E-state index contributed by atoms with van der Waals surface area (Å²) in [6, 6.07) is 7.92. The van der Waals surface area contributed by atoms with E-state index in [9.17, 15) is 4.79 Å². The molecule has 1 aromatic carbocycles. The number of ether oxygens (including phenoxy) is 1. The Hall–Kier alpha value is -1.81. The van der Waals surface area contributed by atoms with Gasteiger partial charge in [0.2, 0.25) is 0 Å². The van der Waals surface area contributed by atoms with E-state index < -0.39 is 0 Å². The molecule has 2 rings (SSSR count). The maximum absolute atomic E-state index is 11.8. The number of amides is 1. The second-order valence-corrected chi connectivity index (χ2v) is 5.13. The number of rotatable bonds is 6. The summed E-state index contributed by atoms with van der Waals surface area (Å²) < 4.78 is 5.40. The summed E-state index contributed by atoms with van der Waals surface area (Å²) in [7, 11) is 0. The first-order valence-corrected chi connectivity index (χ1v) is 7.04. The van der Waals surface area contributed by atoms with E-state index in [-0.39, 0.29) is 5.91 Å². The standard InChI is InChI=1S/C16H22N2O2/c1-3-9-17-16(19)13-4-6-15(7-5-13)18-12(2)14-8-10-20-11-14/h3-7,12,14,18H,1,8-11H2,2H3,(H,17,19). The van der Waals surface area contributed by atoms with Crippen molar-refractivity contribution >= 4 is 11.6 Å². The van der Waals surface area contributed by atoms with Gasteiger partial charge in [-0.25, -0.2) is 0 Å². The van der Waals surface area contributed by atoms with Crippen LogP contribution in [-0.4, -0.2) is 31.7 Å². The molecule has 108 valence electrons. The first-order valence-electron chi connectivity index (χ1n) is 7.04. The summed E-state index contributed by atoms with van der Waals surface area (Å²) >= 11 is 0. The van der Waals surface area contributed by atoms with Crippen LogP contribution >= 0.6 is 0 Å². The van der Waals surface area contributed by atoms with E-state index in [2.05, 4.69) is 24.1 Å². The average molecular weight is 274 g/mol. The summed E-state index contributed by atoms with van der Waals surface area (Å²) in [6.07, 6.45) is 2.77. The third kappa shape index (κ3) is 3.84. The average Bonchev–Trinajstić information content (AvgIpc) is 3.00. The van der Waals surface area contributed by atoms with Gasteiger partial charge in [0.1, 0.15) is 0 Å². The van der Waals surface area contributed by atoms with Crippen LogP contribution in [-0.2, 0) is 4.74 Å². The van der Waals surface area contributed by atoms with Crippen molar-refractivity contribution in [3.8, 4) is 0 Å². The zero-order chi connectivity index (χ0) is 14.4. The number of carbonyl (C=O) groups excluding carboxylic acids is 1. The lowest BCUT2D eigenvalue weighted by Crippen LogP contribution is -2.26. The summed E-state index contributed by atoms with van der Waals surface area (Å²) in [4.78, 5) is 11.8. The molecule has 1 aromatic rings. The molecule has 4 nitrogen and oxygen atoms in total. The Morgan fingerprint density at radius 3 is 2.85 bits per heavy atom. The van der Waals surface area contributed by atoms with Crippen molar-refractivity contribution in [1.29, 1.82) is 0 Å². The summed E-state index contributed by atoms with van der Waals surface area (Å²) in [5, 5.41) is 6.22. The van der Waals surface area contributed by atoms with Gasteiger partial charge in [-0.2, -0.15) is 0 Å². The van der Waals surface area contributed by atoms with Crippen molar-refractivity contribution in [2.45, 2.75) is 19.4 Å². The maximum atomic E-state index is 11.8. The zero-order valence-electron chi connectivity index (χ0n) is 11.9. The Bertz CT molecular complexity index is 450. The highest BCUT2D eigenvalue weighted by atomic mass is 16.5. The third-order valence-electron chi connectivity index (χ3n) is 3.62. The predicted octanol–water partition coefficient (Wildman–Crippen LogP) is 2.44. The summed E-state index contributed by atoms with van der Waals surface area (Å²) in [5.74, 6) is 0.485. The van der Waals surface area contributed by atoms with Crippen molar-refractivity contribution in [1.82, 2.24) is 5.32 Å². The molecule has 0 aliphatic carbocycles. The normalized spacial score (nSPS) is 19.4. The van der Waals surface area contributed by atoms with Crippen LogP contribution < -0.4 is 10.6 Å². The minimum absolute atomic E-state index is 0.0753. The van der Waals surface area contributed by atoms with E-state index >= 15 is 0 Å². The molecule has 0 aromatic heterocycles. The van der Waals surface area contributed by atoms with E-state index in [0.717, 1.165) is 25.3 Å². The topological polar surface area (TPSA) is 50.4 Å². The lowest BCUT2D eigenvalue weighted by atomic mass is 10.0. The van der Waals surface area contributed by atoms with Crippen LogP contribution in [0.4, 0.5) is 5.69 Å². The minimum atomic E-state index is -0.0753. The fourth-order valence-electron chi connectivity index (χ4n) is 2.31. The molecule has 0 radical (unpaired) electrons. The summed E-state index contributed by atoms with van der Waals surface area (Å²) in [5.41, 5.74) is 1.69. The molecule has 0 spiro atoms. The Morgan fingerprint density at radius 2 is 2.25 bits per heavy atom. The quantitative estimate of drug-likeness (QED) is 0.783. The highest BCUT2D eigenvalue weighted by molar-refractivity contribution is 5.94. The molecule has 1 amide bonds. The van der Waals surface area contributed by atoms with Gasteiger partial charge in [-0.05, 0) is 37.6 Å². The van der Waals surface area contributed by atoms with Gasteiger partial charge in [0.15, 0.2) is 0 Å². The van der Waals surface area contributed by atoms with Crippen molar-refractivity contribution in [3.63, 3.8) is 0 Å². The molecule has 20 heavy (non-hydrogen) atoms. The van der Waals surface area contributed by atoms with Crippen LogP contribution in [0.3, 0.4) is 0 Å². The molecule has 2 atom stereocenters. The number of hydrogen-bond acceptors (Lipinski definition) is 3. The fraction of sp³-hybridized carbons (Fsp3) is 0.438. The number of benzene rings is 1. The molecule has 2 N–H and O–H groups in total. The van der Waals surface area contributed by atoms with Gasteiger partial charge >= 0.3 is 0 Å². The van der Waals surface area contributed by atoms with E-state index in [1.165, 1.54) is 0 Å². The van der Waals surface area contributed by atoms with Gasteiger partial charge in [0, 0.05) is 36.4 Å². The van der Waals surface area contributed by atoms with Crippen LogP contribution in [0.2, 0.25) is 0 Å². The molecule has 1 fully saturated rings. The molecule has 0 saturated carbocycles. The van der Waals surface area contributed by atoms with Crippen molar-refractivity contribution in [2.24, 2.45) is 5.92 Å². The fourth-order valence-corrected chi connectivity index (χ4v) is 2.31. The second-order valence-electron chi connectivity index (χ2n) is 5.13. The first kappa shape index (κ1) is 14.6. The van der Waals surface area contributed by atoms with Gasteiger partial charge < -0.3 is 15.4 Å². The van der Waals surface area contributed by atoms with E-state index in [1.807, 2.05) is 24.3 Å². The van der Waals surface area contributed by atoms with Crippen molar-refractivity contribution in [3.05, 3.63) is 42.5 Å². The Balaban J connectivity index is 1.90. The van der Waals surface area contributed by atoms with E-state index in [4.69, 9.17) is 4.74 Å². The molecule has 4 heteroatoms.